The zero-order valence-electron chi connectivity index (χ0n) is 11.7. The number of ether oxygens (including phenoxy) is 1. The van der Waals surface area contributed by atoms with Gasteiger partial charge in [0.1, 0.15) is 0 Å². The molecule has 2 atom stereocenters. The summed E-state index contributed by atoms with van der Waals surface area (Å²) in [5, 5.41) is 3.50. The largest absolute Gasteiger partial charge is 0.469 e. The summed E-state index contributed by atoms with van der Waals surface area (Å²) in [6.07, 6.45) is 1.57. The topological polar surface area (TPSA) is 41.6 Å². The van der Waals surface area contributed by atoms with Gasteiger partial charge in [0.15, 0.2) is 0 Å². The Morgan fingerprint density at radius 1 is 1.47 bits per heavy atom. The molecule has 1 aliphatic heterocycles. The van der Waals surface area contributed by atoms with Gasteiger partial charge in [0.05, 0.1) is 13.5 Å². The van der Waals surface area contributed by atoms with E-state index in [0.717, 1.165) is 19.5 Å². The fraction of sp³-hybridized carbons (Fsp3) is 0.923. The van der Waals surface area contributed by atoms with Crippen LogP contribution in [0.5, 0.6) is 0 Å². The molecule has 0 aromatic rings. The molecule has 1 rings (SSSR count). The fourth-order valence-corrected chi connectivity index (χ4v) is 2.26. The molecule has 0 aromatic heterocycles. The van der Waals surface area contributed by atoms with Crippen molar-refractivity contribution >= 4 is 5.97 Å². The molecule has 0 bridgehead atoms. The number of esters is 1. The van der Waals surface area contributed by atoms with E-state index >= 15 is 0 Å². The van der Waals surface area contributed by atoms with Gasteiger partial charge in [-0.3, -0.25) is 9.69 Å². The van der Waals surface area contributed by atoms with Gasteiger partial charge in [-0.15, -0.1) is 0 Å². The van der Waals surface area contributed by atoms with Crippen molar-refractivity contribution in [1.29, 1.82) is 0 Å². The summed E-state index contributed by atoms with van der Waals surface area (Å²) in [5.74, 6) is -0.134. The van der Waals surface area contributed by atoms with E-state index in [0.29, 0.717) is 12.5 Å². The van der Waals surface area contributed by atoms with E-state index in [1.54, 1.807) is 0 Å². The molecule has 1 heterocycles. The Balaban J connectivity index is 2.65. The predicted octanol–water partition coefficient (Wildman–Crippen LogP) is 1.40. The third-order valence-corrected chi connectivity index (χ3v) is 3.38. The summed E-state index contributed by atoms with van der Waals surface area (Å²) in [7, 11) is 1.45. The van der Waals surface area contributed by atoms with Gasteiger partial charge in [0.2, 0.25) is 0 Å². The van der Waals surface area contributed by atoms with E-state index in [9.17, 15) is 4.79 Å². The minimum absolute atomic E-state index is 0.134. The molecule has 100 valence electrons. The molecule has 1 aliphatic rings. The standard InChI is InChI=1S/C13H26N2O2/c1-10-6-7-15(13(2,3)4)9-11(14-10)8-12(16)17-5/h10-11,14H,6-9H2,1-5H3. The second-order valence-electron chi connectivity index (χ2n) is 5.95. The molecule has 1 saturated heterocycles. The van der Waals surface area contributed by atoms with Gasteiger partial charge < -0.3 is 10.1 Å². The molecule has 17 heavy (non-hydrogen) atoms. The Hall–Kier alpha value is -0.610. The van der Waals surface area contributed by atoms with Crippen LogP contribution in [0.4, 0.5) is 0 Å². The SMILES string of the molecule is COC(=O)CC1CN(C(C)(C)C)CCC(C)N1. The molecular weight excluding hydrogens is 216 g/mol. The van der Waals surface area contributed by atoms with Gasteiger partial charge in [-0.1, -0.05) is 0 Å². The van der Waals surface area contributed by atoms with Crippen molar-refractivity contribution in [3.63, 3.8) is 0 Å². The van der Waals surface area contributed by atoms with E-state index in [-0.39, 0.29) is 17.6 Å². The Morgan fingerprint density at radius 2 is 2.12 bits per heavy atom. The lowest BCUT2D eigenvalue weighted by atomic mass is 10.0. The third kappa shape index (κ3) is 4.64. The molecule has 4 nitrogen and oxygen atoms in total. The van der Waals surface area contributed by atoms with Gasteiger partial charge in [-0.2, -0.15) is 0 Å². The van der Waals surface area contributed by atoms with E-state index in [4.69, 9.17) is 4.74 Å². The number of rotatable bonds is 2. The Bertz CT molecular complexity index is 261. The minimum atomic E-state index is -0.134. The summed E-state index contributed by atoms with van der Waals surface area (Å²) in [5.41, 5.74) is 0.153. The number of methoxy groups -OCH3 is 1. The highest BCUT2D eigenvalue weighted by atomic mass is 16.5. The van der Waals surface area contributed by atoms with Crippen LogP contribution in [0, 0.1) is 0 Å². The second kappa shape index (κ2) is 5.83. The van der Waals surface area contributed by atoms with Gasteiger partial charge in [0, 0.05) is 30.7 Å². The van der Waals surface area contributed by atoms with E-state index in [1.165, 1.54) is 7.11 Å². The average molecular weight is 242 g/mol. The molecule has 0 saturated carbocycles. The first-order valence-corrected chi connectivity index (χ1v) is 6.41. The van der Waals surface area contributed by atoms with Crippen LogP contribution < -0.4 is 5.32 Å². The van der Waals surface area contributed by atoms with Crippen molar-refractivity contribution in [2.24, 2.45) is 0 Å². The fourth-order valence-electron chi connectivity index (χ4n) is 2.26. The number of hydrogen-bond donors (Lipinski definition) is 1. The van der Waals surface area contributed by atoms with Crippen LogP contribution in [-0.2, 0) is 9.53 Å². The normalized spacial score (nSPS) is 27.6. The predicted molar refractivity (Wildman–Crippen MR) is 69.0 cm³/mol. The maximum Gasteiger partial charge on any atom is 0.307 e. The highest BCUT2D eigenvalue weighted by Gasteiger charge is 2.29. The Morgan fingerprint density at radius 3 is 2.65 bits per heavy atom. The van der Waals surface area contributed by atoms with Crippen LogP contribution in [0.3, 0.4) is 0 Å². The lowest BCUT2D eigenvalue weighted by molar-refractivity contribution is -0.141. The zero-order valence-corrected chi connectivity index (χ0v) is 11.7. The molecule has 4 heteroatoms. The molecule has 0 radical (unpaired) electrons. The number of nitrogens with one attached hydrogen (secondary N) is 1. The molecule has 0 amide bonds. The van der Waals surface area contributed by atoms with Crippen molar-refractivity contribution in [2.45, 2.75) is 58.2 Å². The van der Waals surface area contributed by atoms with Crippen molar-refractivity contribution in [3.05, 3.63) is 0 Å². The van der Waals surface area contributed by atoms with Crippen molar-refractivity contribution in [2.75, 3.05) is 20.2 Å². The maximum atomic E-state index is 11.4. The van der Waals surface area contributed by atoms with E-state index in [1.807, 2.05) is 0 Å². The van der Waals surface area contributed by atoms with Crippen LogP contribution in [0.1, 0.15) is 40.5 Å². The van der Waals surface area contributed by atoms with E-state index < -0.39 is 0 Å². The van der Waals surface area contributed by atoms with Gasteiger partial charge in [0.25, 0.3) is 0 Å². The quantitative estimate of drug-likeness (QED) is 0.743. The second-order valence-corrected chi connectivity index (χ2v) is 5.95. The first-order valence-electron chi connectivity index (χ1n) is 6.41. The molecule has 1 fully saturated rings. The molecule has 0 spiro atoms. The summed E-state index contributed by atoms with van der Waals surface area (Å²) in [6.45, 7) is 10.8. The lowest BCUT2D eigenvalue weighted by Crippen LogP contribution is -2.47. The molecule has 1 N–H and O–H groups in total. The summed E-state index contributed by atoms with van der Waals surface area (Å²) < 4.78 is 4.75. The van der Waals surface area contributed by atoms with E-state index in [2.05, 4.69) is 37.9 Å². The highest BCUT2D eigenvalue weighted by molar-refractivity contribution is 5.69. The monoisotopic (exact) mass is 242 g/mol. The smallest absolute Gasteiger partial charge is 0.307 e. The summed E-state index contributed by atoms with van der Waals surface area (Å²) >= 11 is 0. The first kappa shape index (κ1) is 14.5. The van der Waals surface area contributed by atoms with Crippen LogP contribution >= 0.6 is 0 Å². The Labute approximate surface area is 105 Å². The Kier molecular flexibility index (Phi) is 4.95. The maximum absolute atomic E-state index is 11.4. The van der Waals surface area contributed by atoms with Gasteiger partial charge in [-0.25, -0.2) is 0 Å². The molecule has 0 aromatic carbocycles. The number of hydrogen-bond acceptors (Lipinski definition) is 4. The van der Waals surface area contributed by atoms with Crippen molar-refractivity contribution in [3.8, 4) is 0 Å². The number of nitrogens with zero attached hydrogens (tertiary/aromatic N) is 1. The van der Waals surface area contributed by atoms with Gasteiger partial charge in [-0.05, 0) is 34.1 Å². The lowest BCUT2D eigenvalue weighted by Gasteiger charge is -2.36. The number of carbonyl (C=O) groups is 1. The van der Waals surface area contributed by atoms with Crippen LogP contribution in [-0.4, -0.2) is 48.7 Å². The van der Waals surface area contributed by atoms with Crippen LogP contribution in [0.2, 0.25) is 0 Å². The number of carbonyl (C=O) groups excluding carboxylic acids is 1. The minimum Gasteiger partial charge on any atom is -0.469 e. The highest BCUT2D eigenvalue weighted by Crippen LogP contribution is 2.18. The molecule has 2 unspecified atom stereocenters. The zero-order chi connectivity index (χ0) is 13.1. The molecular formula is C13H26N2O2. The average Bonchev–Trinajstić information content (AvgIpc) is 2.39. The summed E-state index contributed by atoms with van der Waals surface area (Å²) in [4.78, 5) is 13.8. The van der Waals surface area contributed by atoms with Gasteiger partial charge >= 0.3 is 5.97 Å². The van der Waals surface area contributed by atoms with Crippen molar-refractivity contribution < 1.29 is 9.53 Å². The summed E-state index contributed by atoms with van der Waals surface area (Å²) in [6, 6.07) is 0.649. The first-order chi connectivity index (χ1) is 7.82. The molecule has 0 aliphatic carbocycles. The third-order valence-electron chi connectivity index (χ3n) is 3.38. The van der Waals surface area contributed by atoms with Crippen molar-refractivity contribution in [1.82, 2.24) is 10.2 Å². The van der Waals surface area contributed by atoms with Crippen LogP contribution in [0.15, 0.2) is 0 Å². The van der Waals surface area contributed by atoms with Crippen LogP contribution in [0.25, 0.3) is 0 Å².